The van der Waals surface area contributed by atoms with Gasteiger partial charge in [0.1, 0.15) is 12.4 Å². The minimum Gasteiger partial charge on any atom is -0.492 e. The van der Waals surface area contributed by atoms with E-state index in [-0.39, 0.29) is 6.61 Å². The first-order chi connectivity index (χ1) is 13.5. The van der Waals surface area contributed by atoms with Crippen LogP contribution in [0, 0.1) is 5.92 Å². The normalized spacial score (nSPS) is 15.0. The van der Waals surface area contributed by atoms with Gasteiger partial charge in [0.2, 0.25) is 0 Å². The number of anilines is 1. The van der Waals surface area contributed by atoms with E-state index in [9.17, 15) is 14.4 Å². The Bertz CT molecular complexity index is 896. The number of hydrogen-bond donors (Lipinski definition) is 1. The average molecular weight is 404 g/mol. The second-order valence-corrected chi connectivity index (χ2v) is 6.63. The zero-order valence-electron chi connectivity index (χ0n) is 15.1. The molecule has 7 nitrogen and oxygen atoms in total. The number of benzene rings is 2. The molecular formula is C20H18ClNO6. The van der Waals surface area contributed by atoms with Crippen LogP contribution in [0.5, 0.6) is 5.75 Å². The summed E-state index contributed by atoms with van der Waals surface area (Å²) in [6.45, 7) is -0.236. The number of halogens is 1. The van der Waals surface area contributed by atoms with Crippen molar-refractivity contribution >= 4 is 35.1 Å². The fourth-order valence-electron chi connectivity index (χ4n) is 2.77. The smallest absolute Gasteiger partial charge is 0.337 e. The van der Waals surface area contributed by atoms with Crippen LogP contribution in [0.2, 0.25) is 5.02 Å². The molecule has 0 aromatic heterocycles. The highest BCUT2D eigenvalue weighted by molar-refractivity contribution is 6.30. The average Bonchev–Trinajstić information content (AvgIpc) is 2.71. The number of nitrogens with one attached hydrogen (secondary N) is 1. The van der Waals surface area contributed by atoms with E-state index in [0.29, 0.717) is 28.4 Å². The second-order valence-electron chi connectivity index (χ2n) is 6.19. The first-order valence-corrected chi connectivity index (χ1v) is 8.90. The van der Waals surface area contributed by atoms with Gasteiger partial charge in [-0.2, -0.15) is 0 Å². The predicted octanol–water partition coefficient (Wildman–Crippen LogP) is 2.86. The first-order valence-electron chi connectivity index (χ1n) is 8.52. The van der Waals surface area contributed by atoms with Crippen molar-refractivity contribution < 1.29 is 28.6 Å². The van der Waals surface area contributed by atoms with Crippen molar-refractivity contribution in [2.24, 2.45) is 5.92 Å². The minimum atomic E-state index is -0.512. The zero-order valence-corrected chi connectivity index (χ0v) is 15.8. The van der Waals surface area contributed by atoms with E-state index in [1.54, 1.807) is 30.3 Å². The van der Waals surface area contributed by atoms with Gasteiger partial charge in [0.15, 0.2) is 6.61 Å². The molecule has 0 aliphatic carbocycles. The third-order valence-corrected chi connectivity index (χ3v) is 4.43. The molecule has 0 unspecified atom stereocenters. The van der Waals surface area contributed by atoms with Crippen LogP contribution < -0.4 is 10.1 Å². The van der Waals surface area contributed by atoms with Crippen molar-refractivity contribution in [2.45, 2.75) is 6.42 Å². The molecule has 0 bridgehead atoms. The lowest BCUT2D eigenvalue weighted by Gasteiger charge is -2.24. The molecule has 0 saturated carbocycles. The molecule has 2 aromatic carbocycles. The number of hydrogen-bond acceptors (Lipinski definition) is 6. The molecule has 1 aliphatic heterocycles. The predicted molar refractivity (Wildman–Crippen MR) is 102 cm³/mol. The number of esters is 2. The van der Waals surface area contributed by atoms with Crippen LogP contribution in [0.3, 0.4) is 0 Å². The van der Waals surface area contributed by atoms with Crippen LogP contribution in [0.1, 0.15) is 15.9 Å². The van der Waals surface area contributed by atoms with Crippen LogP contribution in [-0.2, 0) is 25.5 Å². The Morgan fingerprint density at radius 3 is 2.64 bits per heavy atom. The molecule has 0 radical (unpaired) electrons. The number of methoxy groups -OCH3 is 1. The Balaban J connectivity index is 1.49. The van der Waals surface area contributed by atoms with Crippen LogP contribution in [0.4, 0.5) is 5.69 Å². The molecule has 1 N–H and O–H groups in total. The quantitative estimate of drug-likeness (QED) is 0.772. The Morgan fingerprint density at radius 2 is 1.93 bits per heavy atom. The number of carbonyl (C=O) groups excluding carboxylic acids is 3. The number of carbonyl (C=O) groups is 3. The van der Waals surface area contributed by atoms with Gasteiger partial charge in [0.05, 0.1) is 18.6 Å². The van der Waals surface area contributed by atoms with Crippen molar-refractivity contribution in [1.82, 2.24) is 0 Å². The van der Waals surface area contributed by atoms with E-state index in [1.807, 2.05) is 0 Å². The lowest BCUT2D eigenvalue weighted by molar-refractivity contribution is -0.152. The Hall–Kier alpha value is -3.06. The third kappa shape index (κ3) is 4.80. The van der Waals surface area contributed by atoms with E-state index < -0.39 is 30.4 Å². The van der Waals surface area contributed by atoms with Crippen molar-refractivity contribution in [1.29, 1.82) is 0 Å². The Kier molecular flexibility index (Phi) is 6.16. The highest BCUT2D eigenvalue weighted by atomic mass is 35.5. The molecule has 3 rings (SSSR count). The van der Waals surface area contributed by atoms with E-state index >= 15 is 0 Å². The minimum absolute atomic E-state index is 0.185. The summed E-state index contributed by atoms with van der Waals surface area (Å²) in [5.41, 5.74) is 1.67. The summed E-state index contributed by atoms with van der Waals surface area (Å²) in [5, 5.41) is 3.15. The number of fused-ring (bicyclic) bond motifs is 1. The number of amides is 1. The van der Waals surface area contributed by atoms with Gasteiger partial charge in [-0.05, 0) is 54.4 Å². The summed E-state index contributed by atoms with van der Waals surface area (Å²) >= 11 is 5.97. The molecule has 146 valence electrons. The van der Waals surface area contributed by atoms with Gasteiger partial charge in [-0.25, -0.2) is 4.79 Å². The summed E-state index contributed by atoms with van der Waals surface area (Å²) in [6, 6.07) is 11.4. The SMILES string of the molecule is COC(=O)c1ccc(NC(=O)COC(=O)[C@H]2COc3ccc(Cl)cc3C2)cc1. The van der Waals surface area contributed by atoms with E-state index in [4.69, 9.17) is 21.1 Å². The second kappa shape index (κ2) is 8.75. The maximum absolute atomic E-state index is 12.2. The lowest BCUT2D eigenvalue weighted by Crippen LogP contribution is -2.32. The van der Waals surface area contributed by atoms with E-state index in [0.717, 1.165) is 5.56 Å². The van der Waals surface area contributed by atoms with Gasteiger partial charge in [-0.1, -0.05) is 11.6 Å². The number of rotatable bonds is 5. The highest BCUT2D eigenvalue weighted by Crippen LogP contribution is 2.30. The summed E-state index contributed by atoms with van der Waals surface area (Å²) < 4.78 is 15.3. The first kappa shape index (κ1) is 19.7. The zero-order chi connectivity index (χ0) is 20.1. The van der Waals surface area contributed by atoms with Crippen molar-refractivity contribution in [2.75, 3.05) is 25.6 Å². The maximum Gasteiger partial charge on any atom is 0.337 e. The molecule has 0 saturated heterocycles. The summed E-state index contributed by atoms with van der Waals surface area (Å²) in [7, 11) is 1.29. The molecule has 1 heterocycles. The Morgan fingerprint density at radius 1 is 1.18 bits per heavy atom. The van der Waals surface area contributed by atoms with Crippen LogP contribution in [0.15, 0.2) is 42.5 Å². The molecular weight excluding hydrogens is 386 g/mol. The fourth-order valence-corrected chi connectivity index (χ4v) is 2.97. The molecule has 0 fully saturated rings. The third-order valence-electron chi connectivity index (χ3n) is 4.20. The van der Waals surface area contributed by atoms with Gasteiger partial charge in [0, 0.05) is 10.7 Å². The maximum atomic E-state index is 12.2. The van der Waals surface area contributed by atoms with Crippen LogP contribution >= 0.6 is 11.6 Å². The summed E-state index contributed by atoms with van der Waals surface area (Å²) in [4.78, 5) is 35.6. The summed E-state index contributed by atoms with van der Waals surface area (Å²) in [5.74, 6) is -1.27. The highest BCUT2D eigenvalue weighted by Gasteiger charge is 2.28. The van der Waals surface area contributed by atoms with Gasteiger partial charge >= 0.3 is 11.9 Å². The van der Waals surface area contributed by atoms with Crippen molar-refractivity contribution in [3.8, 4) is 5.75 Å². The molecule has 2 aromatic rings. The lowest BCUT2D eigenvalue weighted by atomic mass is 9.97. The standard InChI is InChI=1S/C20H18ClNO6/c1-26-19(24)12-2-5-16(6-3-12)22-18(23)11-28-20(25)14-8-13-9-15(21)4-7-17(13)27-10-14/h2-7,9,14H,8,10-11H2,1H3,(H,22,23)/t14-/m1/s1. The van der Waals surface area contributed by atoms with Crippen LogP contribution in [-0.4, -0.2) is 38.2 Å². The van der Waals surface area contributed by atoms with Crippen molar-refractivity contribution in [3.05, 3.63) is 58.6 Å². The van der Waals surface area contributed by atoms with Gasteiger partial charge < -0.3 is 19.5 Å². The van der Waals surface area contributed by atoms with Gasteiger partial charge in [-0.3, -0.25) is 9.59 Å². The van der Waals surface area contributed by atoms with Crippen LogP contribution in [0.25, 0.3) is 0 Å². The molecule has 28 heavy (non-hydrogen) atoms. The molecule has 1 aliphatic rings. The largest absolute Gasteiger partial charge is 0.492 e. The topological polar surface area (TPSA) is 90.9 Å². The van der Waals surface area contributed by atoms with Gasteiger partial charge in [0.25, 0.3) is 5.91 Å². The monoisotopic (exact) mass is 403 g/mol. The molecule has 1 atom stereocenters. The van der Waals surface area contributed by atoms with E-state index in [2.05, 4.69) is 10.1 Å². The van der Waals surface area contributed by atoms with Crippen molar-refractivity contribution in [3.63, 3.8) is 0 Å². The Labute approximate surface area is 166 Å². The fraction of sp³-hybridized carbons (Fsp3) is 0.250. The summed E-state index contributed by atoms with van der Waals surface area (Å²) in [6.07, 6.45) is 0.436. The number of ether oxygens (including phenoxy) is 3. The molecule has 1 amide bonds. The van der Waals surface area contributed by atoms with E-state index in [1.165, 1.54) is 19.2 Å². The molecule has 0 spiro atoms. The van der Waals surface area contributed by atoms with Gasteiger partial charge in [-0.15, -0.1) is 0 Å². The molecule has 8 heteroatoms.